The van der Waals surface area contributed by atoms with E-state index in [9.17, 15) is 4.39 Å². The van der Waals surface area contributed by atoms with E-state index in [1.54, 1.807) is 22.9 Å². The van der Waals surface area contributed by atoms with Gasteiger partial charge >= 0.3 is 0 Å². The second-order valence-electron chi connectivity index (χ2n) is 4.35. The van der Waals surface area contributed by atoms with E-state index < -0.39 is 0 Å². The monoisotopic (exact) mass is 331 g/mol. The Hall–Kier alpha value is -2.14. The Labute approximate surface area is 124 Å². The van der Waals surface area contributed by atoms with E-state index in [1.807, 2.05) is 24.3 Å². The summed E-state index contributed by atoms with van der Waals surface area (Å²) in [5, 5.41) is 4.46. The lowest BCUT2D eigenvalue weighted by Gasteiger charge is -2.03. The maximum atomic E-state index is 12.9. The molecule has 0 atom stereocenters. The lowest BCUT2D eigenvalue weighted by Crippen LogP contribution is -2.01. The molecule has 0 bridgehead atoms. The summed E-state index contributed by atoms with van der Waals surface area (Å²) >= 11 is 3.39. The number of hydrogen-bond acceptors (Lipinski definition) is 2. The van der Waals surface area contributed by atoms with Crippen molar-refractivity contribution in [2.24, 2.45) is 0 Å². The van der Waals surface area contributed by atoms with Gasteiger partial charge in [0.25, 0.3) is 0 Å². The van der Waals surface area contributed by atoms with Crippen LogP contribution < -0.4 is 5.73 Å². The van der Waals surface area contributed by atoms with Gasteiger partial charge in [0.05, 0.1) is 11.4 Å². The van der Waals surface area contributed by atoms with Crippen LogP contribution in [0.3, 0.4) is 0 Å². The van der Waals surface area contributed by atoms with Crippen molar-refractivity contribution in [2.75, 3.05) is 5.73 Å². The van der Waals surface area contributed by atoms with Crippen molar-refractivity contribution in [3.63, 3.8) is 0 Å². The minimum atomic E-state index is -0.269. The van der Waals surface area contributed by atoms with Gasteiger partial charge in [-0.05, 0) is 48.5 Å². The zero-order valence-corrected chi connectivity index (χ0v) is 12.0. The molecule has 20 heavy (non-hydrogen) atoms. The van der Waals surface area contributed by atoms with Gasteiger partial charge in [-0.3, -0.25) is 0 Å². The smallest absolute Gasteiger partial charge is 0.127 e. The van der Waals surface area contributed by atoms with E-state index in [4.69, 9.17) is 5.73 Å². The number of halogens is 2. The highest BCUT2D eigenvalue weighted by Crippen LogP contribution is 2.23. The molecule has 2 aromatic carbocycles. The number of nitrogens with two attached hydrogens (primary N) is 1. The van der Waals surface area contributed by atoms with Crippen LogP contribution in [0, 0.1) is 5.82 Å². The summed E-state index contributed by atoms with van der Waals surface area (Å²) in [5.74, 6) is 0.265. The first-order valence-corrected chi connectivity index (χ1v) is 6.80. The number of aromatic nitrogens is 2. The highest BCUT2D eigenvalue weighted by Gasteiger charge is 2.08. The van der Waals surface area contributed by atoms with Gasteiger partial charge in [-0.15, -0.1) is 0 Å². The van der Waals surface area contributed by atoms with E-state index in [-0.39, 0.29) is 5.82 Å². The Kier molecular flexibility index (Phi) is 3.28. The van der Waals surface area contributed by atoms with Gasteiger partial charge in [0, 0.05) is 16.1 Å². The number of nitrogen functional groups attached to an aromatic ring is 1. The zero-order valence-electron chi connectivity index (χ0n) is 10.4. The van der Waals surface area contributed by atoms with Crippen molar-refractivity contribution in [1.82, 2.24) is 9.78 Å². The highest BCUT2D eigenvalue weighted by molar-refractivity contribution is 9.10. The third-order valence-electron chi connectivity index (χ3n) is 2.95. The van der Waals surface area contributed by atoms with E-state index >= 15 is 0 Å². The SMILES string of the molecule is Nc1cc(-c2ccc(F)cc2)nn1-c1ccc(Br)cc1. The molecule has 0 unspecified atom stereocenters. The van der Waals surface area contributed by atoms with Gasteiger partial charge in [-0.25, -0.2) is 9.07 Å². The highest BCUT2D eigenvalue weighted by atomic mass is 79.9. The summed E-state index contributed by atoms with van der Waals surface area (Å²) in [4.78, 5) is 0. The van der Waals surface area contributed by atoms with Crippen molar-refractivity contribution >= 4 is 21.7 Å². The molecule has 3 rings (SSSR count). The summed E-state index contributed by atoms with van der Waals surface area (Å²) in [5.41, 5.74) is 8.41. The molecule has 0 amide bonds. The quantitative estimate of drug-likeness (QED) is 0.770. The van der Waals surface area contributed by atoms with Crippen LogP contribution in [-0.2, 0) is 0 Å². The van der Waals surface area contributed by atoms with Crippen LogP contribution in [-0.4, -0.2) is 9.78 Å². The van der Waals surface area contributed by atoms with Gasteiger partial charge in [-0.1, -0.05) is 15.9 Å². The summed E-state index contributed by atoms with van der Waals surface area (Å²) in [7, 11) is 0. The van der Waals surface area contributed by atoms with Crippen LogP contribution in [0.2, 0.25) is 0 Å². The molecule has 0 aliphatic carbocycles. The molecule has 2 N–H and O–H groups in total. The van der Waals surface area contributed by atoms with Crippen molar-refractivity contribution < 1.29 is 4.39 Å². The molecule has 1 heterocycles. The molecule has 0 saturated carbocycles. The van der Waals surface area contributed by atoms with Crippen molar-refractivity contribution in [3.8, 4) is 16.9 Å². The Morgan fingerprint density at radius 2 is 1.65 bits per heavy atom. The Morgan fingerprint density at radius 1 is 1.00 bits per heavy atom. The Morgan fingerprint density at radius 3 is 2.30 bits per heavy atom. The number of benzene rings is 2. The molecule has 5 heteroatoms. The molecular weight excluding hydrogens is 321 g/mol. The van der Waals surface area contributed by atoms with Crippen LogP contribution in [0.25, 0.3) is 16.9 Å². The molecule has 0 radical (unpaired) electrons. The molecule has 3 nitrogen and oxygen atoms in total. The minimum absolute atomic E-state index is 0.269. The van der Waals surface area contributed by atoms with E-state index in [0.29, 0.717) is 11.5 Å². The molecule has 0 aliphatic rings. The molecular formula is C15H11BrFN3. The Bertz CT molecular complexity index is 733. The van der Waals surface area contributed by atoms with E-state index in [0.717, 1.165) is 15.7 Å². The average molecular weight is 332 g/mol. The first-order valence-electron chi connectivity index (χ1n) is 6.01. The lowest BCUT2D eigenvalue weighted by molar-refractivity contribution is 0.628. The molecule has 0 spiro atoms. The van der Waals surface area contributed by atoms with E-state index in [2.05, 4.69) is 21.0 Å². The van der Waals surface area contributed by atoms with Crippen molar-refractivity contribution in [3.05, 3.63) is 64.9 Å². The van der Waals surface area contributed by atoms with Crippen LogP contribution in [0.1, 0.15) is 0 Å². The van der Waals surface area contributed by atoms with Crippen LogP contribution in [0.15, 0.2) is 59.1 Å². The summed E-state index contributed by atoms with van der Waals surface area (Å²) in [6.45, 7) is 0. The summed E-state index contributed by atoms with van der Waals surface area (Å²) < 4.78 is 15.6. The number of anilines is 1. The fourth-order valence-corrected chi connectivity index (χ4v) is 2.21. The maximum absolute atomic E-state index is 12.9. The predicted molar refractivity (Wildman–Crippen MR) is 81.1 cm³/mol. The largest absolute Gasteiger partial charge is 0.384 e. The second kappa shape index (κ2) is 5.09. The maximum Gasteiger partial charge on any atom is 0.127 e. The molecule has 3 aromatic rings. The zero-order chi connectivity index (χ0) is 14.1. The van der Waals surface area contributed by atoms with E-state index in [1.165, 1.54) is 12.1 Å². The van der Waals surface area contributed by atoms with Gasteiger partial charge in [0.15, 0.2) is 0 Å². The number of hydrogen-bond donors (Lipinski definition) is 1. The normalized spacial score (nSPS) is 10.7. The third-order valence-corrected chi connectivity index (χ3v) is 3.48. The molecule has 0 saturated heterocycles. The Balaban J connectivity index is 2.02. The van der Waals surface area contributed by atoms with Crippen LogP contribution >= 0.6 is 15.9 Å². The van der Waals surface area contributed by atoms with Crippen LogP contribution in [0.5, 0.6) is 0 Å². The molecule has 1 aromatic heterocycles. The standard InChI is InChI=1S/C15H11BrFN3/c16-11-3-7-13(8-4-11)20-15(18)9-14(19-20)10-1-5-12(17)6-2-10/h1-9H,18H2. The number of nitrogens with zero attached hydrogens (tertiary/aromatic N) is 2. The van der Waals surface area contributed by atoms with Gasteiger partial charge in [0.2, 0.25) is 0 Å². The van der Waals surface area contributed by atoms with Gasteiger partial charge < -0.3 is 5.73 Å². The first kappa shape index (κ1) is 12.9. The predicted octanol–water partition coefficient (Wildman–Crippen LogP) is 4.02. The van der Waals surface area contributed by atoms with Crippen LogP contribution in [0.4, 0.5) is 10.2 Å². The second-order valence-corrected chi connectivity index (χ2v) is 5.27. The van der Waals surface area contributed by atoms with Crippen molar-refractivity contribution in [2.45, 2.75) is 0 Å². The third kappa shape index (κ3) is 2.44. The first-order chi connectivity index (χ1) is 9.63. The average Bonchev–Trinajstić information content (AvgIpc) is 2.82. The van der Waals surface area contributed by atoms with Crippen molar-refractivity contribution in [1.29, 1.82) is 0 Å². The summed E-state index contributed by atoms with van der Waals surface area (Å²) in [6, 6.07) is 15.6. The minimum Gasteiger partial charge on any atom is -0.384 e. The molecule has 0 aliphatic heterocycles. The fraction of sp³-hybridized carbons (Fsp3) is 0. The topological polar surface area (TPSA) is 43.8 Å². The molecule has 100 valence electrons. The fourth-order valence-electron chi connectivity index (χ4n) is 1.95. The number of rotatable bonds is 2. The lowest BCUT2D eigenvalue weighted by atomic mass is 10.1. The van der Waals surface area contributed by atoms with Gasteiger partial charge in [0.1, 0.15) is 11.6 Å². The summed E-state index contributed by atoms with van der Waals surface area (Å²) in [6.07, 6.45) is 0. The molecule has 0 fully saturated rings. The van der Waals surface area contributed by atoms with Gasteiger partial charge in [-0.2, -0.15) is 5.10 Å².